The quantitative estimate of drug-likeness (QED) is 0.788. The summed E-state index contributed by atoms with van der Waals surface area (Å²) >= 11 is 0. The van der Waals surface area contributed by atoms with Crippen molar-refractivity contribution in [3.63, 3.8) is 0 Å². The van der Waals surface area contributed by atoms with Gasteiger partial charge in [0, 0.05) is 18.3 Å². The summed E-state index contributed by atoms with van der Waals surface area (Å²) in [5.74, 6) is -1.70. The highest BCUT2D eigenvalue weighted by atomic mass is 19.2. The minimum atomic E-state index is -0.934. The summed E-state index contributed by atoms with van der Waals surface area (Å²) in [6, 6.07) is 2.47. The first-order chi connectivity index (χ1) is 9.90. The van der Waals surface area contributed by atoms with Gasteiger partial charge in [-0.05, 0) is 26.0 Å². The molecule has 0 atom stereocenters. The Morgan fingerprint density at radius 3 is 2.57 bits per heavy atom. The fourth-order valence-corrected chi connectivity index (χ4v) is 2.54. The van der Waals surface area contributed by atoms with Crippen molar-refractivity contribution >= 4 is 17.0 Å². The average molecular weight is 291 g/mol. The molecule has 3 rings (SSSR count). The van der Waals surface area contributed by atoms with Crippen molar-refractivity contribution in [3.05, 3.63) is 40.7 Å². The molecule has 21 heavy (non-hydrogen) atoms. The SMILES string of the molecule is Cc1nn(C)c(C)c1Cn1c(N)nc2ccc(F)c(F)c21. The van der Waals surface area contributed by atoms with E-state index in [2.05, 4.69) is 10.1 Å². The number of nitrogens with zero attached hydrogens (tertiary/aromatic N) is 4. The van der Waals surface area contributed by atoms with Crippen LogP contribution in [-0.4, -0.2) is 19.3 Å². The molecule has 2 heterocycles. The number of hydrogen-bond donors (Lipinski definition) is 1. The van der Waals surface area contributed by atoms with Crippen LogP contribution in [0.15, 0.2) is 12.1 Å². The van der Waals surface area contributed by atoms with Gasteiger partial charge in [0.15, 0.2) is 11.6 Å². The fraction of sp³-hybridized carbons (Fsp3) is 0.286. The molecule has 2 aromatic heterocycles. The van der Waals surface area contributed by atoms with Gasteiger partial charge in [-0.3, -0.25) is 4.68 Å². The molecule has 1 aromatic carbocycles. The van der Waals surface area contributed by atoms with Gasteiger partial charge in [0.2, 0.25) is 5.95 Å². The Morgan fingerprint density at radius 1 is 1.24 bits per heavy atom. The summed E-state index contributed by atoms with van der Waals surface area (Å²) in [5.41, 5.74) is 8.98. The predicted octanol–water partition coefficient (Wildman–Crippen LogP) is 2.30. The number of nitrogens with two attached hydrogens (primary N) is 1. The van der Waals surface area contributed by atoms with Crippen molar-refractivity contribution in [1.29, 1.82) is 0 Å². The minimum Gasteiger partial charge on any atom is -0.369 e. The summed E-state index contributed by atoms with van der Waals surface area (Å²) in [6.45, 7) is 4.09. The lowest BCUT2D eigenvalue weighted by atomic mass is 10.2. The molecule has 0 aliphatic carbocycles. The highest BCUT2D eigenvalue weighted by molar-refractivity contribution is 5.79. The van der Waals surface area contributed by atoms with E-state index in [-0.39, 0.29) is 11.5 Å². The smallest absolute Gasteiger partial charge is 0.201 e. The molecule has 0 unspecified atom stereocenters. The molecular formula is C14H15F2N5. The lowest BCUT2D eigenvalue weighted by Crippen LogP contribution is -2.07. The zero-order valence-corrected chi connectivity index (χ0v) is 12.0. The van der Waals surface area contributed by atoms with Crippen LogP contribution in [0.2, 0.25) is 0 Å². The molecule has 7 heteroatoms. The third kappa shape index (κ3) is 1.96. The highest BCUT2D eigenvalue weighted by Crippen LogP contribution is 2.25. The maximum absolute atomic E-state index is 14.1. The Kier molecular flexibility index (Phi) is 2.93. The van der Waals surface area contributed by atoms with Crippen LogP contribution in [0.5, 0.6) is 0 Å². The molecule has 0 fully saturated rings. The average Bonchev–Trinajstić information content (AvgIpc) is 2.87. The van der Waals surface area contributed by atoms with Crippen molar-refractivity contribution < 1.29 is 8.78 Å². The standard InChI is InChI=1S/C14H15F2N5/c1-7-9(8(2)20(3)19-7)6-21-13-11(18-14(21)17)5-4-10(15)12(13)16/h4-5H,6H2,1-3H3,(H2,17,18). The second-order valence-corrected chi connectivity index (χ2v) is 5.06. The molecule has 0 aliphatic heterocycles. The largest absolute Gasteiger partial charge is 0.369 e. The zero-order valence-electron chi connectivity index (χ0n) is 12.0. The van der Waals surface area contributed by atoms with E-state index in [4.69, 9.17) is 5.73 Å². The number of imidazole rings is 1. The Morgan fingerprint density at radius 2 is 1.95 bits per heavy atom. The van der Waals surface area contributed by atoms with Crippen LogP contribution >= 0.6 is 0 Å². The van der Waals surface area contributed by atoms with E-state index in [0.29, 0.717) is 12.1 Å². The molecule has 0 aliphatic rings. The van der Waals surface area contributed by atoms with Crippen molar-refractivity contribution in [3.8, 4) is 0 Å². The van der Waals surface area contributed by atoms with Crippen LogP contribution in [0.25, 0.3) is 11.0 Å². The lowest BCUT2D eigenvalue weighted by Gasteiger charge is -2.08. The number of fused-ring (bicyclic) bond motifs is 1. The Labute approximate surface area is 120 Å². The van der Waals surface area contributed by atoms with Gasteiger partial charge in [-0.2, -0.15) is 5.10 Å². The maximum atomic E-state index is 14.1. The number of hydrogen-bond acceptors (Lipinski definition) is 3. The minimum absolute atomic E-state index is 0.0788. The molecule has 0 amide bonds. The monoisotopic (exact) mass is 291 g/mol. The maximum Gasteiger partial charge on any atom is 0.201 e. The van der Waals surface area contributed by atoms with Gasteiger partial charge in [-0.1, -0.05) is 0 Å². The number of halogens is 2. The van der Waals surface area contributed by atoms with Gasteiger partial charge in [0.05, 0.1) is 17.8 Å². The van der Waals surface area contributed by atoms with Crippen molar-refractivity contribution in [2.45, 2.75) is 20.4 Å². The molecular weight excluding hydrogens is 276 g/mol. The van der Waals surface area contributed by atoms with Gasteiger partial charge in [0.1, 0.15) is 5.52 Å². The van der Waals surface area contributed by atoms with Gasteiger partial charge in [-0.15, -0.1) is 0 Å². The Bertz CT molecular complexity index is 847. The Hall–Kier alpha value is -2.44. The first kappa shape index (κ1) is 13.5. The second-order valence-electron chi connectivity index (χ2n) is 5.06. The number of nitrogen functional groups attached to an aromatic ring is 1. The van der Waals surface area contributed by atoms with E-state index >= 15 is 0 Å². The van der Waals surface area contributed by atoms with Gasteiger partial charge >= 0.3 is 0 Å². The highest BCUT2D eigenvalue weighted by Gasteiger charge is 2.18. The van der Waals surface area contributed by atoms with E-state index in [1.54, 1.807) is 4.68 Å². The van der Waals surface area contributed by atoms with Crippen LogP contribution in [0.3, 0.4) is 0 Å². The first-order valence-electron chi connectivity index (χ1n) is 6.49. The van der Waals surface area contributed by atoms with Gasteiger partial charge in [0.25, 0.3) is 0 Å². The molecule has 110 valence electrons. The van der Waals surface area contributed by atoms with Crippen LogP contribution in [0.1, 0.15) is 17.0 Å². The number of benzene rings is 1. The summed E-state index contributed by atoms with van der Waals surface area (Å²) in [7, 11) is 1.83. The van der Waals surface area contributed by atoms with Gasteiger partial charge < -0.3 is 10.3 Å². The molecule has 0 spiro atoms. The topological polar surface area (TPSA) is 61.7 Å². The van der Waals surface area contributed by atoms with Crippen LogP contribution < -0.4 is 5.73 Å². The molecule has 3 aromatic rings. The summed E-state index contributed by atoms with van der Waals surface area (Å²) in [4.78, 5) is 4.08. The first-order valence-corrected chi connectivity index (χ1v) is 6.49. The number of anilines is 1. The number of aryl methyl sites for hydroxylation is 2. The van der Waals surface area contributed by atoms with Gasteiger partial charge in [-0.25, -0.2) is 13.8 Å². The van der Waals surface area contributed by atoms with Crippen molar-refractivity contribution in [1.82, 2.24) is 19.3 Å². The summed E-state index contributed by atoms with van der Waals surface area (Å²) < 4.78 is 30.8. The Balaban J connectivity index is 2.21. The van der Waals surface area contributed by atoms with Crippen LogP contribution in [-0.2, 0) is 13.6 Å². The zero-order chi connectivity index (χ0) is 15.3. The fourth-order valence-electron chi connectivity index (χ4n) is 2.54. The van der Waals surface area contributed by atoms with Crippen molar-refractivity contribution in [2.24, 2.45) is 7.05 Å². The van der Waals surface area contributed by atoms with E-state index in [9.17, 15) is 8.78 Å². The summed E-state index contributed by atoms with van der Waals surface area (Å²) in [6.07, 6.45) is 0. The van der Waals surface area contributed by atoms with E-state index in [1.807, 2.05) is 20.9 Å². The molecule has 2 N–H and O–H groups in total. The lowest BCUT2D eigenvalue weighted by molar-refractivity contribution is 0.512. The number of aromatic nitrogens is 4. The van der Waals surface area contributed by atoms with E-state index in [0.717, 1.165) is 23.0 Å². The third-order valence-electron chi connectivity index (χ3n) is 3.80. The third-order valence-corrected chi connectivity index (χ3v) is 3.80. The molecule has 0 radical (unpaired) electrons. The van der Waals surface area contributed by atoms with Crippen molar-refractivity contribution in [2.75, 3.05) is 5.73 Å². The second kappa shape index (κ2) is 4.54. The predicted molar refractivity (Wildman–Crippen MR) is 75.8 cm³/mol. The molecule has 0 bridgehead atoms. The van der Waals surface area contributed by atoms with E-state index in [1.165, 1.54) is 10.6 Å². The molecule has 0 saturated heterocycles. The molecule has 0 saturated carbocycles. The van der Waals surface area contributed by atoms with E-state index < -0.39 is 11.6 Å². The van der Waals surface area contributed by atoms with Crippen LogP contribution in [0, 0.1) is 25.5 Å². The summed E-state index contributed by atoms with van der Waals surface area (Å²) in [5, 5.41) is 4.32. The normalized spacial score (nSPS) is 11.5. The van der Waals surface area contributed by atoms with Crippen LogP contribution in [0.4, 0.5) is 14.7 Å². The number of rotatable bonds is 2. The molecule has 5 nitrogen and oxygen atoms in total.